The monoisotopic (exact) mass is 311 g/mol. The SMILES string of the molecule is O=C(NCC(O)C(F)F)c1ccc(Br)c(F)c1. The number of hydrogen-bond acceptors (Lipinski definition) is 2. The van der Waals surface area contributed by atoms with E-state index in [1.54, 1.807) is 0 Å². The van der Waals surface area contributed by atoms with Crippen LogP contribution < -0.4 is 5.32 Å². The van der Waals surface area contributed by atoms with Crippen molar-refractivity contribution in [2.24, 2.45) is 0 Å². The maximum Gasteiger partial charge on any atom is 0.265 e. The molecule has 0 heterocycles. The number of rotatable bonds is 4. The molecule has 7 heteroatoms. The van der Waals surface area contributed by atoms with E-state index in [2.05, 4.69) is 21.2 Å². The first-order chi connectivity index (χ1) is 7.91. The highest BCUT2D eigenvalue weighted by Gasteiger charge is 2.18. The first-order valence-corrected chi connectivity index (χ1v) is 5.40. The lowest BCUT2D eigenvalue weighted by Gasteiger charge is -2.10. The highest BCUT2D eigenvalue weighted by molar-refractivity contribution is 9.10. The molecule has 1 aromatic rings. The standard InChI is InChI=1S/C10H9BrF3NO2/c11-6-2-1-5(3-7(6)12)10(17)15-4-8(16)9(13)14/h1-3,8-9,16H,4H2,(H,15,17). The number of alkyl halides is 2. The lowest BCUT2D eigenvalue weighted by molar-refractivity contribution is -0.00270. The van der Waals surface area contributed by atoms with Crippen LogP contribution in [0.15, 0.2) is 22.7 Å². The predicted octanol–water partition coefficient (Wildman–Crippen LogP) is 1.94. The molecule has 0 fully saturated rings. The van der Waals surface area contributed by atoms with Gasteiger partial charge in [0.25, 0.3) is 12.3 Å². The van der Waals surface area contributed by atoms with Crippen LogP contribution in [-0.4, -0.2) is 30.1 Å². The molecule has 94 valence electrons. The largest absolute Gasteiger partial charge is 0.385 e. The fraction of sp³-hybridized carbons (Fsp3) is 0.300. The number of halogens is 4. The summed E-state index contributed by atoms with van der Waals surface area (Å²) < 4.78 is 37.1. The van der Waals surface area contributed by atoms with Crippen molar-refractivity contribution in [3.8, 4) is 0 Å². The summed E-state index contributed by atoms with van der Waals surface area (Å²) in [7, 11) is 0. The Labute approximate surface area is 104 Å². The molecule has 1 atom stereocenters. The van der Waals surface area contributed by atoms with Crippen LogP contribution in [0.5, 0.6) is 0 Å². The third kappa shape index (κ3) is 4.01. The Morgan fingerprint density at radius 3 is 2.65 bits per heavy atom. The van der Waals surface area contributed by atoms with Gasteiger partial charge in [0.2, 0.25) is 0 Å². The van der Waals surface area contributed by atoms with Crippen LogP contribution in [0.25, 0.3) is 0 Å². The molecule has 0 aliphatic carbocycles. The van der Waals surface area contributed by atoms with Crippen LogP contribution in [0.1, 0.15) is 10.4 Å². The molecule has 1 rings (SSSR count). The fourth-order valence-corrected chi connectivity index (χ4v) is 1.27. The molecule has 0 saturated carbocycles. The van der Waals surface area contributed by atoms with E-state index in [4.69, 9.17) is 5.11 Å². The Balaban J connectivity index is 2.61. The fourth-order valence-electron chi connectivity index (χ4n) is 1.03. The number of carbonyl (C=O) groups is 1. The van der Waals surface area contributed by atoms with Crippen LogP contribution >= 0.6 is 15.9 Å². The maximum absolute atomic E-state index is 13.1. The van der Waals surface area contributed by atoms with Crippen LogP contribution in [0.3, 0.4) is 0 Å². The highest BCUT2D eigenvalue weighted by Crippen LogP contribution is 2.16. The predicted molar refractivity (Wildman–Crippen MR) is 58.4 cm³/mol. The number of amides is 1. The van der Waals surface area contributed by atoms with E-state index in [1.165, 1.54) is 12.1 Å². The molecule has 2 N–H and O–H groups in total. The topological polar surface area (TPSA) is 49.3 Å². The minimum absolute atomic E-state index is 0.00725. The second kappa shape index (κ2) is 6.02. The van der Waals surface area contributed by atoms with Crippen molar-refractivity contribution in [2.75, 3.05) is 6.54 Å². The normalized spacial score (nSPS) is 12.6. The molecule has 0 bridgehead atoms. The van der Waals surface area contributed by atoms with Crippen molar-refractivity contribution >= 4 is 21.8 Å². The van der Waals surface area contributed by atoms with Crippen molar-refractivity contribution in [1.82, 2.24) is 5.32 Å². The summed E-state index contributed by atoms with van der Waals surface area (Å²) in [5.74, 6) is -1.36. The van der Waals surface area contributed by atoms with Gasteiger partial charge in [-0.3, -0.25) is 4.79 Å². The molecule has 17 heavy (non-hydrogen) atoms. The summed E-state index contributed by atoms with van der Waals surface area (Å²) in [5, 5.41) is 10.9. The quantitative estimate of drug-likeness (QED) is 0.893. The molecule has 3 nitrogen and oxygen atoms in total. The molecular formula is C10H9BrF3NO2. The van der Waals surface area contributed by atoms with Gasteiger partial charge in [-0.15, -0.1) is 0 Å². The molecule has 0 aromatic heterocycles. The molecule has 0 radical (unpaired) electrons. The Hall–Kier alpha value is -1.08. The smallest absolute Gasteiger partial charge is 0.265 e. The summed E-state index contributed by atoms with van der Waals surface area (Å²) in [6, 6.07) is 3.62. The number of nitrogens with one attached hydrogen (secondary N) is 1. The first-order valence-electron chi connectivity index (χ1n) is 4.61. The van der Waals surface area contributed by atoms with Crippen LogP contribution in [-0.2, 0) is 0 Å². The summed E-state index contributed by atoms with van der Waals surface area (Å²) in [6.07, 6.45) is -4.86. The van der Waals surface area contributed by atoms with Crippen LogP contribution in [0, 0.1) is 5.82 Å². The highest BCUT2D eigenvalue weighted by atomic mass is 79.9. The molecule has 1 unspecified atom stereocenters. The Morgan fingerprint density at radius 1 is 1.47 bits per heavy atom. The van der Waals surface area contributed by atoms with Gasteiger partial charge in [-0.25, -0.2) is 13.2 Å². The van der Waals surface area contributed by atoms with Gasteiger partial charge in [0, 0.05) is 12.1 Å². The number of carbonyl (C=O) groups excluding carboxylic acids is 1. The zero-order valence-electron chi connectivity index (χ0n) is 8.46. The molecular weight excluding hydrogens is 303 g/mol. The number of aliphatic hydroxyl groups is 1. The van der Waals surface area contributed by atoms with E-state index in [9.17, 15) is 18.0 Å². The van der Waals surface area contributed by atoms with Crippen LogP contribution in [0.2, 0.25) is 0 Å². The van der Waals surface area contributed by atoms with Crippen molar-refractivity contribution in [2.45, 2.75) is 12.5 Å². The first kappa shape index (κ1) is 14.0. The minimum Gasteiger partial charge on any atom is -0.385 e. The van der Waals surface area contributed by atoms with Crippen LogP contribution in [0.4, 0.5) is 13.2 Å². The lowest BCUT2D eigenvalue weighted by atomic mass is 10.2. The molecule has 0 aliphatic rings. The summed E-state index contributed by atoms with van der Waals surface area (Å²) in [4.78, 5) is 11.4. The zero-order chi connectivity index (χ0) is 13.0. The molecule has 0 aliphatic heterocycles. The molecule has 1 amide bonds. The van der Waals surface area contributed by atoms with Gasteiger partial charge < -0.3 is 10.4 Å². The Kier molecular flexibility index (Phi) is 4.95. The van der Waals surface area contributed by atoms with Crippen molar-refractivity contribution in [3.05, 3.63) is 34.1 Å². The van der Waals surface area contributed by atoms with Gasteiger partial charge in [0.15, 0.2) is 0 Å². The second-order valence-corrected chi connectivity index (χ2v) is 4.10. The second-order valence-electron chi connectivity index (χ2n) is 3.24. The Bertz CT molecular complexity index is 415. The van der Waals surface area contributed by atoms with Gasteiger partial charge in [0.05, 0.1) is 4.47 Å². The van der Waals surface area contributed by atoms with Gasteiger partial charge in [-0.1, -0.05) is 0 Å². The maximum atomic E-state index is 13.1. The molecule has 0 saturated heterocycles. The van der Waals surface area contributed by atoms with E-state index in [-0.39, 0.29) is 10.0 Å². The molecule has 0 spiro atoms. The third-order valence-electron chi connectivity index (χ3n) is 1.94. The minimum atomic E-state index is -2.93. The van der Waals surface area contributed by atoms with Gasteiger partial charge in [-0.05, 0) is 34.1 Å². The summed E-state index contributed by atoms with van der Waals surface area (Å²) >= 11 is 2.91. The average molecular weight is 312 g/mol. The van der Waals surface area contributed by atoms with E-state index in [1.807, 2.05) is 0 Å². The average Bonchev–Trinajstić information content (AvgIpc) is 2.28. The van der Waals surface area contributed by atoms with E-state index in [0.717, 1.165) is 6.07 Å². The van der Waals surface area contributed by atoms with Gasteiger partial charge in [0.1, 0.15) is 11.9 Å². The zero-order valence-corrected chi connectivity index (χ0v) is 10.0. The summed E-state index contributed by atoms with van der Waals surface area (Å²) in [6.45, 7) is -0.589. The number of aliphatic hydroxyl groups excluding tert-OH is 1. The number of benzene rings is 1. The van der Waals surface area contributed by atoms with E-state index in [0.29, 0.717) is 0 Å². The van der Waals surface area contributed by atoms with E-state index < -0.39 is 30.8 Å². The van der Waals surface area contributed by atoms with Crippen molar-refractivity contribution in [3.63, 3.8) is 0 Å². The third-order valence-corrected chi connectivity index (χ3v) is 2.59. The number of hydrogen-bond donors (Lipinski definition) is 2. The molecule has 1 aromatic carbocycles. The van der Waals surface area contributed by atoms with Gasteiger partial charge >= 0.3 is 0 Å². The van der Waals surface area contributed by atoms with Gasteiger partial charge in [-0.2, -0.15) is 0 Å². The Morgan fingerprint density at radius 2 is 2.12 bits per heavy atom. The lowest BCUT2D eigenvalue weighted by Crippen LogP contribution is -2.35. The van der Waals surface area contributed by atoms with E-state index >= 15 is 0 Å². The van der Waals surface area contributed by atoms with Crippen molar-refractivity contribution in [1.29, 1.82) is 0 Å². The summed E-state index contributed by atoms with van der Waals surface area (Å²) in [5.41, 5.74) is -0.00725. The van der Waals surface area contributed by atoms with Crippen molar-refractivity contribution < 1.29 is 23.1 Å².